The molecule has 0 N–H and O–H groups in total. The van der Waals surface area contributed by atoms with E-state index in [0.717, 1.165) is 0 Å². The highest BCUT2D eigenvalue weighted by Gasteiger charge is 2.11. The van der Waals surface area contributed by atoms with Gasteiger partial charge in [0.2, 0.25) is 5.89 Å². The molecular formula is C13H13NO5. The second kappa shape index (κ2) is 5.43. The molecule has 0 spiro atoms. The Morgan fingerprint density at radius 2 is 1.74 bits per heavy atom. The molecule has 0 aliphatic carbocycles. The molecule has 6 heteroatoms. The molecule has 0 saturated carbocycles. The van der Waals surface area contributed by atoms with E-state index in [4.69, 9.17) is 18.6 Å². The summed E-state index contributed by atoms with van der Waals surface area (Å²) in [4.78, 5) is 15.2. The molecule has 0 amide bonds. The molecule has 100 valence electrons. The minimum Gasteiger partial charge on any atom is -0.493 e. The number of methoxy groups -OCH3 is 3. The van der Waals surface area contributed by atoms with E-state index < -0.39 is 5.56 Å². The summed E-state index contributed by atoms with van der Waals surface area (Å²) >= 11 is 0. The van der Waals surface area contributed by atoms with Crippen LogP contribution in [0.15, 0.2) is 33.5 Å². The van der Waals surface area contributed by atoms with E-state index in [0.29, 0.717) is 17.1 Å². The van der Waals surface area contributed by atoms with Gasteiger partial charge in [-0.05, 0) is 18.2 Å². The van der Waals surface area contributed by atoms with Crippen molar-refractivity contribution >= 4 is 0 Å². The Kier molecular flexibility index (Phi) is 3.70. The zero-order valence-corrected chi connectivity index (χ0v) is 10.8. The van der Waals surface area contributed by atoms with Gasteiger partial charge in [-0.25, -0.2) is 0 Å². The third-order valence-electron chi connectivity index (χ3n) is 2.48. The highest BCUT2D eigenvalue weighted by atomic mass is 16.6. The van der Waals surface area contributed by atoms with Crippen molar-refractivity contribution in [3.63, 3.8) is 0 Å². The first-order chi connectivity index (χ1) is 9.17. The van der Waals surface area contributed by atoms with Crippen LogP contribution in [0, 0.1) is 0 Å². The monoisotopic (exact) mass is 263 g/mol. The van der Waals surface area contributed by atoms with Crippen molar-refractivity contribution in [2.75, 3.05) is 21.3 Å². The summed E-state index contributed by atoms with van der Waals surface area (Å²) in [6, 6.07) is 6.26. The zero-order valence-electron chi connectivity index (χ0n) is 10.8. The molecule has 2 aromatic rings. The Hall–Kier alpha value is -2.50. The number of nitrogens with zero attached hydrogens (tertiary/aromatic N) is 1. The van der Waals surface area contributed by atoms with Gasteiger partial charge in [-0.2, -0.15) is 4.98 Å². The maximum atomic E-state index is 11.4. The molecule has 6 nitrogen and oxygen atoms in total. The van der Waals surface area contributed by atoms with Crippen LogP contribution in [0.1, 0.15) is 0 Å². The number of hydrogen-bond donors (Lipinski definition) is 0. The maximum Gasteiger partial charge on any atom is 0.291 e. The van der Waals surface area contributed by atoms with Gasteiger partial charge in [-0.1, -0.05) is 0 Å². The Labute approximate surface area is 109 Å². The molecule has 19 heavy (non-hydrogen) atoms. The van der Waals surface area contributed by atoms with Crippen LogP contribution in [0.4, 0.5) is 0 Å². The van der Waals surface area contributed by atoms with Crippen molar-refractivity contribution in [1.82, 2.24) is 4.98 Å². The lowest BCUT2D eigenvalue weighted by Crippen LogP contribution is -2.06. The van der Waals surface area contributed by atoms with Crippen LogP contribution in [0.25, 0.3) is 11.5 Å². The van der Waals surface area contributed by atoms with E-state index in [1.165, 1.54) is 20.3 Å². The van der Waals surface area contributed by atoms with E-state index in [9.17, 15) is 4.79 Å². The van der Waals surface area contributed by atoms with Crippen LogP contribution >= 0.6 is 0 Å². The van der Waals surface area contributed by atoms with Crippen molar-refractivity contribution in [3.8, 4) is 28.9 Å². The summed E-state index contributed by atoms with van der Waals surface area (Å²) in [6.07, 6.45) is 0. The molecule has 1 aromatic heterocycles. The van der Waals surface area contributed by atoms with Gasteiger partial charge < -0.3 is 18.6 Å². The first-order valence-corrected chi connectivity index (χ1v) is 5.46. The first kappa shape index (κ1) is 12.9. The van der Waals surface area contributed by atoms with Crippen molar-refractivity contribution in [2.24, 2.45) is 0 Å². The zero-order chi connectivity index (χ0) is 13.8. The summed E-state index contributed by atoms with van der Waals surface area (Å²) in [5.74, 6) is 1.36. The minimum absolute atomic E-state index is 0.102. The summed E-state index contributed by atoms with van der Waals surface area (Å²) < 4.78 is 20.5. The molecule has 0 radical (unpaired) electrons. The molecule has 0 fully saturated rings. The number of rotatable bonds is 4. The van der Waals surface area contributed by atoms with Gasteiger partial charge in [-0.3, -0.25) is 4.79 Å². The predicted molar refractivity (Wildman–Crippen MR) is 67.9 cm³/mol. The van der Waals surface area contributed by atoms with Crippen molar-refractivity contribution in [2.45, 2.75) is 0 Å². The van der Waals surface area contributed by atoms with Gasteiger partial charge in [0.05, 0.1) is 27.4 Å². The topological polar surface area (TPSA) is 70.8 Å². The molecule has 0 saturated heterocycles. The van der Waals surface area contributed by atoms with E-state index >= 15 is 0 Å². The molecule has 0 aliphatic heterocycles. The molecule has 0 unspecified atom stereocenters. The van der Waals surface area contributed by atoms with Crippen LogP contribution in [0.5, 0.6) is 17.4 Å². The molecular weight excluding hydrogens is 250 g/mol. The van der Waals surface area contributed by atoms with Gasteiger partial charge in [-0.15, -0.1) is 0 Å². The Balaban J connectivity index is 2.52. The van der Waals surface area contributed by atoms with Crippen molar-refractivity contribution in [1.29, 1.82) is 0 Å². The van der Waals surface area contributed by atoms with Crippen LogP contribution in [-0.4, -0.2) is 26.3 Å². The standard InChI is InChI=1S/C13H13NO5/c1-16-9-5-4-8(6-10(9)17-2)13-14-11(15)7-12(18-3)19-13/h4-7H,1-3H3. The van der Waals surface area contributed by atoms with Crippen LogP contribution in [0.2, 0.25) is 0 Å². The first-order valence-electron chi connectivity index (χ1n) is 5.46. The van der Waals surface area contributed by atoms with E-state index in [1.54, 1.807) is 25.3 Å². The number of aromatic nitrogens is 1. The molecule has 0 atom stereocenters. The number of ether oxygens (including phenoxy) is 3. The van der Waals surface area contributed by atoms with E-state index in [-0.39, 0.29) is 11.8 Å². The fraction of sp³-hybridized carbons (Fsp3) is 0.231. The molecule has 2 rings (SSSR count). The normalized spacial score (nSPS) is 10.1. The smallest absolute Gasteiger partial charge is 0.291 e. The summed E-state index contributed by atoms with van der Waals surface area (Å²) in [6.45, 7) is 0. The quantitative estimate of drug-likeness (QED) is 0.836. The molecule has 0 bridgehead atoms. The largest absolute Gasteiger partial charge is 0.493 e. The van der Waals surface area contributed by atoms with E-state index in [1.807, 2.05) is 0 Å². The second-order valence-corrected chi connectivity index (χ2v) is 3.59. The molecule has 0 aliphatic rings. The summed E-state index contributed by atoms with van der Waals surface area (Å²) in [5.41, 5.74) is 0.154. The SMILES string of the molecule is COc1cc(=O)nc(-c2ccc(OC)c(OC)c2)o1. The highest BCUT2D eigenvalue weighted by Crippen LogP contribution is 2.31. The Morgan fingerprint density at radius 1 is 1.00 bits per heavy atom. The van der Waals surface area contributed by atoms with E-state index in [2.05, 4.69) is 4.98 Å². The lowest BCUT2D eigenvalue weighted by Gasteiger charge is -2.08. The third kappa shape index (κ3) is 2.67. The van der Waals surface area contributed by atoms with Crippen LogP contribution in [-0.2, 0) is 0 Å². The minimum atomic E-state index is -0.437. The fourth-order valence-electron chi connectivity index (χ4n) is 1.57. The van der Waals surface area contributed by atoms with Gasteiger partial charge in [0.15, 0.2) is 11.5 Å². The Bertz CT molecular complexity index is 635. The number of benzene rings is 1. The van der Waals surface area contributed by atoms with Gasteiger partial charge >= 0.3 is 0 Å². The third-order valence-corrected chi connectivity index (χ3v) is 2.48. The Morgan fingerprint density at radius 3 is 2.37 bits per heavy atom. The van der Waals surface area contributed by atoms with Gasteiger partial charge in [0.1, 0.15) is 0 Å². The van der Waals surface area contributed by atoms with Crippen molar-refractivity contribution in [3.05, 3.63) is 34.6 Å². The molecule has 1 aromatic carbocycles. The maximum absolute atomic E-state index is 11.4. The lowest BCUT2D eigenvalue weighted by molar-refractivity contribution is 0.296. The van der Waals surface area contributed by atoms with Gasteiger partial charge in [0.25, 0.3) is 11.5 Å². The summed E-state index contributed by atoms with van der Waals surface area (Å²) in [5, 5.41) is 0. The fourth-order valence-corrected chi connectivity index (χ4v) is 1.57. The average Bonchev–Trinajstić information content (AvgIpc) is 2.45. The second-order valence-electron chi connectivity index (χ2n) is 3.59. The predicted octanol–water partition coefficient (Wildman–Crippen LogP) is 1.73. The van der Waals surface area contributed by atoms with Gasteiger partial charge in [0, 0.05) is 5.56 Å². The summed E-state index contributed by atoms with van der Waals surface area (Å²) in [7, 11) is 4.48. The average molecular weight is 263 g/mol. The molecule has 1 heterocycles. The number of hydrogen-bond acceptors (Lipinski definition) is 6. The highest BCUT2D eigenvalue weighted by molar-refractivity contribution is 5.59. The van der Waals surface area contributed by atoms with Crippen molar-refractivity contribution < 1.29 is 18.6 Å². The van der Waals surface area contributed by atoms with Crippen LogP contribution in [0.3, 0.4) is 0 Å². The van der Waals surface area contributed by atoms with Crippen LogP contribution < -0.4 is 19.8 Å². The lowest BCUT2D eigenvalue weighted by atomic mass is 10.2.